The molecule has 4 aliphatic rings. The highest BCUT2D eigenvalue weighted by Crippen LogP contribution is 2.61. The molecule has 3 aromatic carbocycles. The zero-order valence-electron chi connectivity index (χ0n) is 15.5. The smallest absolute Gasteiger partial charge is 0.238 e. The number of rotatable bonds is 1. The van der Waals surface area contributed by atoms with E-state index >= 15 is 0 Å². The molecule has 1 saturated heterocycles. The van der Waals surface area contributed by atoms with E-state index in [9.17, 15) is 9.59 Å². The Morgan fingerprint density at radius 3 is 1.43 bits per heavy atom. The lowest BCUT2D eigenvalue weighted by Gasteiger charge is -2.45. The summed E-state index contributed by atoms with van der Waals surface area (Å²) < 4.78 is 0. The number of imide groups is 1. The molecule has 1 aliphatic heterocycles. The highest BCUT2D eigenvalue weighted by Gasteiger charge is 2.61. The summed E-state index contributed by atoms with van der Waals surface area (Å²) in [6.45, 7) is 1.95. The van der Waals surface area contributed by atoms with E-state index in [-0.39, 0.29) is 35.5 Å². The zero-order chi connectivity index (χ0) is 19.0. The largest absolute Gasteiger partial charge is 0.274 e. The normalized spacial score (nSPS) is 26.8. The third kappa shape index (κ3) is 1.79. The van der Waals surface area contributed by atoms with Crippen LogP contribution in [0.4, 0.5) is 5.69 Å². The maximum atomic E-state index is 13.6. The molecule has 0 radical (unpaired) electrons. The van der Waals surface area contributed by atoms with E-state index in [2.05, 4.69) is 24.3 Å². The molecule has 3 aromatic rings. The average Bonchev–Trinajstić information content (AvgIpc) is 2.99. The van der Waals surface area contributed by atoms with Crippen molar-refractivity contribution in [3.05, 3.63) is 101 Å². The number of anilines is 1. The first-order valence-electron chi connectivity index (χ1n) is 9.79. The van der Waals surface area contributed by atoms with Gasteiger partial charge < -0.3 is 0 Å². The van der Waals surface area contributed by atoms with Gasteiger partial charge in [-0.3, -0.25) is 9.59 Å². The Morgan fingerprint density at radius 1 is 0.607 bits per heavy atom. The molecule has 0 unspecified atom stereocenters. The molecule has 2 amide bonds. The van der Waals surface area contributed by atoms with Crippen molar-refractivity contribution in [2.24, 2.45) is 11.8 Å². The molecule has 0 spiro atoms. The van der Waals surface area contributed by atoms with E-state index < -0.39 is 0 Å². The van der Waals surface area contributed by atoms with Crippen LogP contribution in [0.1, 0.15) is 39.7 Å². The first-order valence-corrected chi connectivity index (χ1v) is 9.79. The number of carbonyl (C=O) groups is 2. The number of benzene rings is 3. The topological polar surface area (TPSA) is 37.4 Å². The van der Waals surface area contributed by atoms with Crippen molar-refractivity contribution < 1.29 is 9.59 Å². The molecule has 2 bridgehead atoms. The summed E-state index contributed by atoms with van der Waals surface area (Å²) in [5, 5.41) is 0. The molecule has 7 rings (SSSR count). The van der Waals surface area contributed by atoms with E-state index in [1.165, 1.54) is 27.2 Å². The van der Waals surface area contributed by atoms with E-state index in [0.29, 0.717) is 0 Å². The van der Waals surface area contributed by atoms with Gasteiger partial charge in [-0.15, -0.1) is 0 Å². The molecule has 3 nitrogen and oxygen atoms in total. The van der Waals surface area contributed by atoms with Crippen LogP contribution in [0.2, 0.25) is 0 Å². The molecule has 3 heteroatoms. The Kier molecular flexibility index (Phi) is 3.06. The van der Waals surface area contributed by atoms with Crippen LogP contribution in [0.15, 0.2) is 72.8 Å². The molecular formula is C25H19NO2. The number of para-hydroxylation sites is 1. The van der Waals surface area contributed by atoms with E-state index in [1.54, 1.807) is 0 Å². The monoisotopic (exact) mass is 365 g/mol. The van der Waals surface area contributed by atoms with Crippen molar-refractivity contribution in [2.75, 3.05) is 4.90 Å². The Bertz CT molecular complexity index is 1050. The summed E-state index contributed by atoms with van der Waals surface area (Å²) in [5.74, 6) is -0.837. The number of carbonyl (C=O) groups excluding carboxylic acids is 2. The highest BCUT2D eigenvalue weighted by molar-refractivity contribution is 6.23. The molecule has 1 fully saturated rings. The minimum atomic E-state index is -0.318. The van der Waals surface area contributed by atoms with Crippen LogP contribution < -0.4 is 4.90 Å². The summed E-state index contributed by atoms with van der Waals surface area (Å²) in [6.07, 6.45) is 0. The molecule has 0 N–H and O–H groups in total. The van der Waals surface area contributed by atoms with Gasteiger partial charge in [-0.05, 0) is 40.8 Å². The molecule has 136 valence electrons. The van der Waals surface area contributed by atoms with Crippen molar-refractivity contribution >= 4 is 17.5 Å². The summed E-state index contributed by atoms with van der Waals surface area (Å²) in [4.78, 5) is 28.7. The fourth-order valence-electron chi connectivity index (χ4n) is 5.73. The van der Waals surface area contributed by atoms with Crippen LogP contribution in [0.25, 0.3) is 0 Å². The van der Waals surface area contributed by atoms with Gasteiger partial charge in [0.05, 0.1) is 17.5 Å². The Labute approximate surface area is 163 Å². The third-order valence-corrected chi connectivity index (χ3v) is 6.80. The van der Waals surface area contributed by atoms with Crippen molar-refractivity contribution in [3.8, 4) is 0 Å². The molecule has 28 heavy (non-hydrogen) atoms. The van der Waals surface area contributed by atoms with Gasteiger partial charge >= 0.3 is 0 Å². The van der Waals surface area contributed by atoms with Crippen molar-refractivity contribution in [1.82, 2.24) is 0 Å². The standard InChI is InChI=1S/C25H19NO2/c1-14-8-2-7-13-19(14)26-24(27)22-20-15-9-3-4-10-16(15)21(23(22)25(26)28)18-12-6-5-11-17(18)20/h2-13,20-23H,1H3/t20?,21?,22-,23-/m0/s1. The van der Waals surface area contributed by atoms with Gasteiger partial charge in [-0.25, -0.2) is 4.90 Å². The number of amides is 2. The number of hydrogen-bond acceptors (Lipinski definition) is 2. The van der Waals surface area contributed by atoms with Gasteiger partial charge in [0.15, 0.2) is 0 Å². The molecule has 3 aliphatic carbocycles. The van der Waals surface area contributed by atoms with E-state index in [4.69, 9.17) is 0 Å². The van der Waals surface area contributed by atoms with Gasteiger partial charge in [0.1, 0.15) is 0 Å². The van der Waals surface area contributed by atoms with E-state index in [0.717, 1.165) is 11.3 Å². The predicted octanol–water partition coefficient (Wildman–Crippen LogP) is 4.39. The van der Waals surface area contributed by atoms with Crippen LogP contribution in [0, 0.1) is 18.8 Å². The molecule has 0 aromatic heterocycles. The lowest BCUT2D eigenvalue weighted by Crippen LogP contribution is -2.41. The lowest BCUT2D eigenvalue weighted by atomic mass is 9.55. The van der Waals surface area contributed by atoms with Gasteiger partial charge in [0.25, 0.3) is 0 Å². The Morgan fingerprint density at radius 2 is 1.00 bits per heavy atom. The summed E-state index contributed by atoms with van der Waals surface area (Å²) in [5.41, 5.74) is 6.51. The number of aryl methyl sites for hydroxylation is 1. The van der Waals surface area contributed by atoms with Crippen LogP contribution in [0.5, 0.6) is 0 Å². The van der Waals surface area contributed by atoms with Crippen LogP contribution in [-0.4, -0.2) is 11.8 Å². The van der Waals surface area contributed by atoms with Gasteiger partial charge in [-0.2, -0.15) is 0 Å². The maximum Gasteiger partial charge on any atom is 0.238 e. The van der Waals surface area contributed by atoms with Crippen LogP contribution in [0.3, 0.4) is 0 Å². The zero-order valence-corrected chi connectivity index (χ0v) is 15.5. The van der Waals surface area contributed by atoms with E-state index in [1.807, 2.05) is 55.5 Å². The second-order valence-electron chi connectivity index (χ2n) is 8.06. The van der Waals surface area contributed by atoms with Gasteiger partial charge in [0, 0.05) is 11.8 Å². The fourth-order valence-corrected chi connectivity index (χ4v) is 5.73. The summed E-state index contributed by atoms with van der Waals surface area (Å²) >= 11 is 0. The third-order valence-electron chi connectivity index (χ3n) is 6.80. The number of hydrogen-bond donors (Lipinski definition) is 0. The Balaban J connectivity index is 1.59. The maximum absolute atomic E-state index is 13.6. The van der Waals surface area contributed by atoms with Crippen LogP contribution >= 0.6 is 0 Å². The molecule has 2 atom stereocenters. The first kappa shape index (κ1) is 15.8. The molecule has 0 saturated carbocycles. The first-order chi connectivity index (χ1) is 13.7. The van der Waals surface area contributed by atoms with Crippen LogP contribution in [-0.2, 0) is 9.59 Å². The fraction of sp³-hybridized carbons (Fsp3) is 0.200. The predicted molar refractivity (Wildman–Crippen MR) is 107 cm³/mol. The second kappa shape index (κ2) is 5.41. The van der Waals surface area contributed by atoms with Gasteiger partial charge in [-0.1, -0.05) is 66.7 Å². The van der Waals surface area contributed by atoms with Gasteiger partial charge in [0.2, 0.25) is 11.8 Å². The number of nitrogens with zero attached hydrogens (tertiary/aromatic N) is 1. The molecular weight excluding hydrogens is 346 g/mol. The van der Waals surface area contributed by atoms with Crippen molar-refractivity contribution in [1.29, 1.82) is 0 Å². The average molecular weight is 365 g/mol. The minimum absolute atomic E-state index is 0.0483. The lowest BCUT2D eigenvalue weighted by molar-refractivity contribution is -0.122. The SMILES string of the molecule is Cc1ccccc1N1C(=O)[C@H]2C3c4ccccc4C(c4ccccc43)[C@@H]2C1=O. The summed E-state index contributed by atoms with van der Waals surface area (Å²) in [7, 11) is 0. The minimum Gasteiger partial charge on any atom is -0.274 e. The second-order valence-corrected chi connectivity index (χ2v) is 8.06. The van der Waals surface area contributed by atoms with Crippen molar-refractivity contribution in [2.45, 2.75) is 18.8 Å². The van der Waals surface area contributed by atoms with Crippen molar-refractivity contribution in [3.63, 3.8) is 0 Å². The Hall–Kier alpha value is -3.20. The highest BCUT2D eigenvalue weighted by atomic mass is 16.2. The summed E-state index contributed by atoms with van der Waals surface area (Å²) in [6, 6.07) is 24.3. The molecule has 1 heterocycles. The quantitative estimate of drug-likeness (QED) is 0.600.